The van der Waals surface area contributed by atoms with E-state index in [1.54, 1.807) is 4.31 Å². The van der Waals surface area contributed by atoms with Crippen LogP contribution in [0.15, 0.2) is 53.0 Å². The summed E-state index contributed by atoms with van der Waals surface area (Å²) in [5.74, 6) is 0. The largest absolute Gasteiger partial charge is 0.383 e. The zero-order chi connectivity index (χ0) is 16.4. The van der Waals surface area contributed by atoms with Crippen molar-refractivity contribution in [3.8, 4) is 0 Å². The van der Waals surface area contributed by atoms with Crippen LogP contribution in [-0.4, -0.2) is 31.6 Å². The molecule has 2 aromatic carbocycles. The molecule has 0 radical (unpaired) electrons. The third kappa shape index (κ3) is 3.94. The third-order valence-corrected chi connectivity index (χ3v) is 5.84. The van der Waals surface area contributed by atoms with Crippen LogP contribution < -0.4 is 5.32 Å². The van der Waals surface area contributed by atoms with Crippen molar-refractivity contribution in [2.75, 3.05) is 18.1 Å². The van der Waals surface area contributed by atoms with Gasteiger partial charge in [-0.25, -0.2) is 8.42 Å². The van der Waals surface area contributed by atoms with Crippen LogP contribution in [-0.2, 0) is 23.0 Å². The minimum absolute atomic E-state index is 0.112. The van der Waals surface area contributed by atoms with Crippen LogP contribution >= 0.6 is 15.9 Å². The molecule has 0 spiro atoms. The number of benzene rings is 2. The lowest BCUT2D eigenvalue weighted by molar-refractivity contribution is 0.328. The Morgan fingerprint density at radius 3 is 2.65 bits per heavy atom. The molecular weight excluding hydrogens is 376 g/mol. The average Bonchev–Trinajstić information content (AvgIpc) is 2.68. The fourth-order valence-electron chi connectivity index (χ4n) is 2.94. The van der Waals surface area contributed by atoms with Crippen LogP contribution in [0.1, 0.15) is 11.1 Å². The Hall–Kier alpha value is -1.37. The second-order valence-electron chi connectivity index (χ2n) is 5.83. The maximum atomic E-state index is 12.3. The summed E-state index contributed by atoms with van der Waals surface area (Å²) in [6, 6.07) is 15.8. The Labute approximate surface area is 145 Å². The van der Waals surface area contributed by atoms with Crippen molar-refractivity contribution in [1.29, 1.82) is 0 Å². The second-order valence-corrected chi connectivity index (χ2v) is 8.68. The Balaban J connectivity index is 1.93. The molecule has 6 heteroatoms. The normalized spacial score (nSPS) is 18.8. The molecule has 0 saturated carbocycles. The molecule has 1 N–H and O–H groups in total. The van der Waals surface area contributed by atoms with E-state index in [2.05, 4.69) is 21.2 Å². The number of sulfonamides is 1. The smallest absolute Gasteiger partial charge is 0.211 e. The van der Waals surface area contributed by atoms with Crippen molar-refractivity contribution in [3.05, 3.63) is 64.1 Å². The van der Waals surface area contributed by atoms with Crippen molar-refractivity contribution >= 4 is 31.6 Å². The Bertz CT molecular complexity index is 793. The van der Waals surface area contributed by atoms with Crippen LogP contribution in [0.25, 0.3) is 0 Å². The van der Waals surface area contributed by atoms with Gasteiger partial charge in [-0.2, -0.15) is 4.31 Å². The van der Waals surface area contributed by atoms with Gasteiger partial charge in [0, 0.05) is 29.3 Å². The van der Waals surface area contributed by atoms with Crippen LogP contribution in [0.2, 0.25) is 0 Å². The average molecular weight is 395 g/mol. The molecule has 1 aliphatic heterocycles. The monoisotopic (exact) mass is 394 g/mol. The minimum atomic E-state index is -3.30. The Morgan fingerprint density at radius 1 is 1.22 bits per heavy atom. The van der Waals surface area contributed by atoms with Gasteiger partial charge in [-0.1, -0.05) is 46.3 Å². The minimum Gasteiger partial charge on any atom is -0.383 e. The first kappa shape index (κ1) is 16.5. The standard InChI is InChI=1S/C17H19BrN2O2S/c1-23(21,22)20-12-14-10-15(18)7-8-17(14)19-11-16(20)9-13-5-3-2-4-6-13/h2-8,10,16,19H,9,11-12H2,1H3. The van der Waals surface area contributed by atoms with Gasteiger partial charge in [-0.05, 0) is 35.7 Å². The maximum Gasteiger partial charge on any atom is 0.211 e. The van der Waals surface area contributed by atoms with Gasteiger partial charge >= 0.3 is 0 Å². The molecule has 1 heterocycles. The molecule has 3 rings (SSSR count). The first-order valence-corrected chi connectivity index (χ1v) is 10.1. The molecule has 1 unspecified atom stereocenters. The lowest BCUT2D eigenvalue weighted by Crippen LogP contribution is -2.42. The van der Waals surface area contributed by atoms with Crippen LogP contribution in [0.4, 0.5) is 5.69 Å². The highest BCUT2D eigenvalue weighted by Crippen LogP contribution is 2.28. The molecule has 0 amide bonds. The Kier molecular flexibility index (Phi) is 4.75. The van der Waals surface area contributed by atoms with E-state index in [0.29, 0.717) is 19.5 Å². The van der Waals surface area contributed by atoms with Gasteiger partial charge in [-0.3, -0.25) is 0 Å². The number of nitrogens with one attached hydrogen (secondary N) is 1. The predicted molar refractivity (Wildman–Crippen MR) is 97.0 cm³/mol. The van der Waals surface area contributed by atoms with E-state index in [1.165, 1.54) is 6.26 Å². The maximum absolute atomic E-state index is 12.3. The molecular formula is C17H19BrN2O2S. The lowest BCUT2D eigenvalue weighted by atomic mass is 10.1. The van der Waals surface area contributed by atoms with Crippen LogP contribution in [0.3, 0.4) is 0 Å². The van der Waals surface area contributed by atoms with Crippen molar-refractivity contribution < 1.29 is 8.42 Å². The van der Waals surface area contributed by atoms with E-state index >= 15 is 0 Å². The molecule has 0 bridgehead atoms. The van der Waals surface area contributed by atoms with E-state index in [1.807, 2.05) is 48.5 Å². The zero-order valence-corrected chi connectivity index (χ0v) is 15.3. The fourth-order valence-corrected chi connectivity index (χ4v) is 4.41. The van der Waals surface area contributed by atoms with Crippen LogP contribution in [0.5, 0.6) is 0 Å². The van der Waals surface area contributed by atoms with E-state index < -0.39 is 10.0 Å². The SMILES string of the molecule is CS(=O)(=O)N1Cc2cc(Br)ccc2NCC1Cc1ccccc1. The number of rotatable bonds is 3. The van der Waals surface area contributed by atoms with Crippen molar-refractivity contribution in [2.45, 2.75) is 19.0 Å². The molecule has 0 aromatic heterocycles. The summed E-state index contributed by atoms with van der Waals surface area (Å²) in [5.41, 5.74) is 3.12. The molecule has 0 fully saturated rings. The second kappa shape index (κ2) is 6.63. The van der Waals surface area contributed by atoms with Crippen LogP contribution in [0, 0.1) is 0 Å². The molecule has 1 aliphatic rings. The lowest BCUT2D eigenvalue weighted by Gasteiger charge is -2.27. The van der Waals surface area contributed by atoms with Gasteiger partial charge in [0.25, 0.3) is 0 Å². The molecule has 0 aliphatic carbocycles. The number of hydrogen-bond acceptors (Lipinski definition) is 3. The summed E-state index contributed by atoms with van der Waals surface area (Å²) in [5, 5.41) is 3.40. The zero-order valence-electron chi connectivity index (χ0n) is 12.9. The first-order chi connectivity index (χ1) is 10.9. The summed E-state index contributed by atoms with van der Waals surface area (Å²) >= 11 is 3.46. The highest BCUT2D eigenvalue weighted by molar-refractivity contribution is 9.10. The van der Waals surface area contributed by atoms with Crippen molar-refractivity contribution in [2.24, 2.45) is 0 Å². The fraction of sp³-hybridized carbons (Fsp3) is 0.294. The van der Waals surface area contributed by atoms with Gasteiger partial charge in [0.2, 0.25) is 10.0 Å². The van der Waals surface area contributed by atoms with Gasteiger partial charge < -0.3 is 5.32 Å². The molecule has 4 nitrogen and oxygen atoms in total. The van der Waals surface area contributed by atoms with Gasteiger partial charge in [-0.15, -0.1) is 0 Å². The number of anilines is 1. The van der Waals surface area contributed by atoms with E-state index in [-0.39, 0.29) is 6.04 Å². The van der Waals surface area contributed by atoms with E-state index in [0.717, 1.165) is 21.3 Å². The molecule has 2 aromatic rings. The summed E-state index contributed by atoms with van der Waals surface area (Å²) in [6.07, 6.45) is 1.98. The van der Waals surface area contributed by atoms with Gasteiger partial charge in [0.15, 0.2) is 0 Å². The summed E-state index contributed by atoms with van der Waals surface area (Å²) in [4.78, 5) is 0. The highest BCUT2D eigenvalue weighted by Gasteiger charge is 2.30. The van der Waals surface area contributed by atoms with Crippen molar-refractivity contribution in [1.82, 2.24) is 4.31 Å². The molecule has 23 heavy (non-hydrogen) atoms. The highest BCUT2D eigenvalue weighted by atomic mass is 79.9. The number of fused-ring (bicyclic) bond motifs is 1. The number of halogens is 1. The van der Waals surface area contributed by atoms with Gasteiger partial charge in [0.05, 0.1) is 6.26 Å². The van der Waals surface area contributed by atoms with Gasteiger partial charge in [0.1, 0.15) is 0 Å². The summed E-state index contributed by atoms with van der Waals surface area (Å²) in [7, 11) is -3.30. The molecule has 122 valence electrons. The van der Waals surface area contributed by atoms with Crippen molar-refractivity contribution in [3.63, 3.8) is 0 Å². The van der Waals surface area contributed by atoms with E-state index in [4.69, 9.17) is 0 Å². The predicted octanol–water partition coefficient (Wildman–Crippen LogP) is 3.25. The number of nitrogens with zero attached hydrogens (tertiary/aromatic N) is 1. The summed E-state index contributed by atoms with van der Waals surface area (Å²) < 4.78 is 27.2. The number of hydrogen-bond donors (Lipinski definition) is 1. The third-order valence-electron chi connectivity index (χ3n) is 4.07. The summed E-state index contributed by atoms with van der Waals surface area (Å²) in [6.45, 7) is 0.981. The topological polar surface area (TPSA) is 49.4 Å². The first-order valence-electron chi connectivity index (χ1n) is 7.46. The quantitative estimate of drug-likeness (QED) is 0.868. The molecule has 1 atom stereocenters. The Morgan fingerprint density at radius 2 is 1.96 bits per heavy atom. The van der Waals surface area contributed by atoms with E-state index in [9.17, 15) is 8.42 Å². The molecule has 0 saturated heterocycles.